The summed E-state index contributed by atoms with van der Waals surface area (Å²) in [7, 11) is 0. The Kier molecular flexibility index (Phi) is 3.69. The van der Waals surface area contributed by atoms with Crippen LogP contribution in [0.2, 0.25) is 0 Å². The smallest absolute Gasteiger partial charge is 0.189 e. The Hall–Kier alpha value is -0.410. The Morgan fingerprint density at radius 3 is 2.75 bits per heavy atom. The maximum atomic E-state index is 5.52. The van der Waals surface area contributed by atoms with Crippen molar-refractivity contribution in [2.75, 3.05) is 6.54 Å². The summed E-state index contributed by atoms with van der Waals surface area (Å²) >= 11 is 10.8. The minimum absolute atomic E-state index is 0.220. The number of hydrogen-bond donors (Lipinski definition) is 2. The van der Waals surface area contributed by atoms with Crippen LogP contribution in [0, 0.1) is 0 Å². The van der Waals surface area contributed by atoms with E-state index in [4.69, 9.17) is 28.9 Å². The van der Waals surface area contributed by atoms with Gasteiger partial charge in [-0.15, -0.1) is 0 Å². The number of hydrogen-bond acceptors (Lipinski definition) is 1. The zero-order valence-corrected chi connectivity index (χ0v) is 8.07. The first-order valence-electron chi connectivity index (χ1n) is 3.76. The summed E-state index contributed by atoms with van der Waals surface area (Å²) in [5.41, 5.74) is 5.52. The molecule has 1 aliphatic carbocycles. The number of aliphatic imine (C=N–C) groups is 1. The van der Waals surface area contributed by atoms with E-state index in [1.54, 1.807) is 6.08 Å². The Labute approximate surface area is 81.6 Å². The minimum Gasteiger partial charge on any atom is -0.370 e. The highest BCUT2D eigenvalue weighted by atomic mass is 35.5. The lowest BCUT2D eigenvalue weighted by atomic mass is 10.6. The van der Waals surface area contributed by atoms with Gasteiger partial charge in [0, 0.05) is 6.04 Å². The fourth-order valence-corrected chi connectivity index (χ4v) is 0.833. The van der Waals surface area contributed by atoms with Gasteiger partial charge in [-0.25, -0.2) is 4.99 Å². The van der Waals surface area contributed by atoms with E-state index in [9.17, 15) is 0 Å². The van der Waals surface area contributed by atoms with E-state index in [0.29, 0.717) is 18.5 Å². The van der Waals surface area contributed by atoms with E-state index < -0.39 is 0 Å². The summed E-state index contributed by atoms with van der Waals surface area (Å²) in [6, 6.07) is 0.532. The van der Waals surface area contributed by atoms with Crippen LogP contribution in [-0.4, -0.2) is 18.5 Å². The van der Waals surface area contributed by atoms with Gasteiger partial charge >= 0.3 is 0 Å². The average Bonchev–Trinajstić information content (AvgIpc) is 2.70. The number of rotatable bonds is 3. The predicted molar refractivity (Wildman–Crippen MR) is 52.4 cm³/mol. The Morgan fingerprint density at radius 1 is 1.58 bits per heavy atom. The van der Waals surface area contributed by atoms with Crippen LogP contribution < -0.4 is 11.1 Å². The molecule has 0 heterocycles. The SMILES string of the molecule is NC(=NCC=C(Cl)Cl)NC1CC1. The Bertz CT molecular complexity index is 205. The molecule has 0 aromatic carbocycles. The Morgan fingerprint density at radius 2 is 2.25 bits per heavy atom. The number of nitrogens with one attached hydrogen (secondary N) is 1. The molecule has 0 saturated heterocycles. The zero-order valence-electron chi connectivity index (χ0n) is 6.56. The second kappa shape index (κ2) is 4.58. The highest BCUT2D eigenvalue weighted by Crippen LogP contribution is 2.17. The number of halogens is 2. The second-order valence-corrected chi connectivity index (χ2v) is 3.65. The van der Waals surface area contributed by atoms with Crippen molar-refractivity contribution >= 4 is 29.2 Å². The van der Waals surface area contributed by atoms with Crippen LogP contribution in [0.25, 0.3) is 0 Å². The zero-order chi connectivity index (χ0) is 8.97. The van der Waals surface area contributed by atoms with Crippen molar-refractivity contribution in [2.24, 2.45) is 10.7 Å². The van der Waals surface area contributed by atoms with Crippen LogP contribution >= 0.6 is 23.2 Å². The van der Waals surface area contributed by atoms with Gasteiger partial charge < -0.3 is 11.1 Å². The molecule has 0 aromatic rings. The lowest BCUT2D eigenvalue weighted by Crippen LogP contribution is -2.33. The highest BCUT2D eigenvalue weighted by Gasteiger charge is 2.20. The van der Waals surface area contributed by atoms with Crippen LogP contribution in [0.3, 0.4) is 0 Å². The first-order chi connectivity index (χ1) is 5.68. The molecule has 1 saturated carbocycles. The fourth-order valence-electron chi connectivity index (χ4n) is 0.695. The molecule has 0 bridgehead atoms. The van der Waals surface area contributed by atoms with Crippen molar-refractivity contribution < 1.29 is 0 Å². The molecule has 0 aliphatic heterocycles. The number of nitrogens with two attached hydrogens (primary N) is 1. The van der Waals surface area contributed by atoms with Crippen molar-refractivity contribution in [3.05, 3.63) is 10.6 Å². The number of nitrogens with zero attached hydrogens (tertiary/aromatic N) is 1. The molecular weight excluding hydrogens is 197 g/mol. The van der Waals surface area contributed by atoms with Crippen LogP contribution in [-0.2, 0) is 0 Å². The molecule has 1 aliphatic rings. The van der Waals surface area contributed by atoms with Gasteiger partial charge in [0.25, 0.3) is 0 Å². The topological polar surface area (TPSA) is 50.4 Å². The maximum absolute atomic E-state index is 5.52. The van der Waals surface area contributed by atoms with Gasteiger partial charge in [0.1, 0.15) is 4.49 Å². The van der Waals surface area contributed by atoms with Gasteiger partial charge in [0.2, 0.25) is 0 Å². The molecule has 0 atom stereocenters. The molecule has 1 rings (SSSR count). The maximum Gasteiger partial charge on any atom is 0.189 e. The first-order valence-corrected chi connectivity index (χ1v) is 4.51. The molecule has 0 amide bonds. The molecule has 0 radical (unpaired) electrons. The van der Waals surface area contributed by atoms with E-state index in [2.05, 4.69) is 10.3 Å². The van der Waals surface area contributed by atoms with Gasteiger partial charge in [-0.3, -0.25) is 0 Å². The third-order valence-corrected chi connectivity index (χ3v) is 1.75. The molecule has 0 unspecified atom stereocenters. The Balaban J connectivity index is 2.19. The van der Waals surface area contributed by atoms with Crippen molar-refractivity contribution in [3.63, 3.8) is 0 Å². The summed E-state index contributed by atoms with van der Waals surface area (Å²) in [6.45, 7) is 0.424. The fraction of sp³-hybridized carbons (Fsp3) is 0.571. The molecule has 1 fully saturated rings. The molecule has 68 valence electrons. The lowest BCUT2D eigenvalue weighted by molar-refractivity contribution is 0.889. The third-order valence-electron chi connectivity index (χ3n) is 1.44. The van der Waals surface area contributed by atoms with Crippen molar-refractivity contribution in [1.29, 1.82) is 0 Å². The van der Waals surface area contributed by atoms with E-state index in [1.165, 1.54) is 12.8 Å². The molecule has 3 N–H and O–H groups in total. The highest BCUT2D eigenvalue weighted by molar-refractivity contribution is 6.55. The summed E-state index contributed by atoms with van der Waals surface area (Å²) < 4.78 is 0.220. The summed E-state index contributed by atoms with van der Waals surface area (Å²) in [5, 5.41) is 3.04. The van der Waals surface area contributed by atoms with Crippen molar-refractivity contribution in [1.82, 2.24) is 5.32 Å². The summed E-state index contributed by atoms with van der Waals surface area (Å²) in [6.07, 6.45) is 3.95. The van der Waals surface area contributed by atoms with E-state index in [0.717, 1.165) is 0 Å². The summed E-state index contributed by atoms with van der Waals surface area (Å²) in [5.74, 6) is 0.461. The van der Waals surface area contributed by atoms with Crippen LogP contribution in [0.4, 0.5) is 0 Å². The molecular formula is C7H11Cl2N3. The van der Waals surface area contributed by atoms with Gasteiger partial charge in [-0.1, -0.05) is 23.2 Å². The van der Waals surface area contributed by atoms with Gasteiger partial charge in [-0.2, -0.15) is 0 Å². The van der Waals surface area contributed by atoms with Crippen LogP contribution in [0.15, 0.2) is 15.6 Å². The lowest BCUT2D eigenvalue weighted by Gasteiger charge is -2.00. The van der Waals surface area contributed by atoms with Crippen LogP contribution in [0.5, 0.6) is 0 Å². The van der Waals surface area contributed by atoms with Gasteiger partial charge in [0.05, 0.1) is 6.54 Å². The average molecular weight is 208 g/mol. The molecule has 12 heavy (non-hydrogen) atoms. The molecule has 3 nitrogen and oxygen atoms in total. The third kappa shape index (κ3) is 4.46. The van der Waals surface area contributed by atoms with E-state index in [-0.39, 0.29) is 4.49 Å². The van der Waals surface area contributed by atoms with Gasteiger partial charge in [0.15, 0.2) is 5.96 Å². The largest absolute Gasteiger partial charge is 0.370 e. The quantitative estimate of drug-likeness (QED) is 0.543. The second-order valence-electron chi connectivity index (χ2n) is 2.64. The molecule has 0 spiro atoms. The molecule has 5 heteroatoms. The minimum atomic E-state index is 0.220. The van der Waals surface area contributed by atoms with E-state index >= 15 is 0 Å². The van der Waals surface area contributed by atoms with E-state index in [1.807, 2.05) is 0 Å². The molecule has 0 aromatic heterocycles. The van der Waals surface area contributed by atoms with Crippen molar-refractivity contribution in [2.45, 2.75) is 18.9 Å². The van der Waals surface area contributed by atoms with Crippen molar-refractivity contribution in [3.8, 4) is 0 Å². The predicted octanol–water partition coefficient (Wildman–Crippen LogP) is 1.37. The first kappa shape index (κ1) is 9.68. The normalized spacial score (nSPS) is 17.3. The number of guanidine groups is 1. The monoisotopic (exact) mass is 207 g/mol. The summed E-state index contributed by atoms with van der Waals surface area (Å²) in [4.78, 5) is 3.98. The standard InChI is InChI=1S/C7H11Cl2N3/c8-6(9)3-4-11-7(10)12-5-1-2-5/h3,5H,1-2,4H2,(H3,10,11,12). The van der Waals surface area contributed by atoms with Crippen LogP contribution in [0.1, 0.15) is 12.8 Å². The van der Waals surface area contributed by atoms with Gasteiger partial charge in [-0.05, 0) is 18.9 Å².